The third-order valence-electron chi connectivity index (χ3n) is 3.33. The predicted octanol–water partition coefficient (Wildman–Crippen LogP) is 3.25. The fourth-order valence-corrected chi connectivity index (χ4v) is 2.16. The lowest BCUT2D eigenvalue weighted by Gasteiger charge is -2.00. The van der Waals surface area contributed by atoms with Crippen LogP contribution < -0.4 is 0 Å². The van der Waals surface area contributed by atoms with Gasteiger partial charge in [0.1, 0.15) is 5.56 Å². The molecule has 0 saturated carbocycles. The zero-order valence-electron chi connectivity index (χ0n) is 12.2. The zero-order valence-corrected chi connectivity index (χ0v) is 12.2. The van der Waals surface area contributed by atoms with Gasteiger partial charge in [0, 0.05) is 6.07 Å². The number of aryl methyl sites for hydroxylation is 1. The number of para-hydroxylation sites is 1. The molecule has 1 aliphatic heterocycles. The van der Waals surface area contributed by atoms with E-state index in [-0.39, 0.29) is 22.8 Å². The number of aliphatic imine (C=N–C) groups is 1. The molecule has 6 heteroatoms. The Morgan fingerprint density at radius 3 is 2.52 bits per heavy atom. The smallest absolute Gasteiger partial charge is 0.363 e. The summed E-state index contributed by atoms with van der Waals surface area (Å²) >= 11 is 0. The Morgan fingerprint density at radius 1 is 1.13 bits per heavy atom. The van der Waals surface area contributed by atoms with Crippen molar-refractivity contribution in [1.82, 2.24) is 0 Å². The van der Waals surface area contributed by atoms with Crippen molar-refractivity contribution in [3.8, 4) is 0 Å². The monoisotopic (exact) mass is 308 g/mol. The molecule has 6 nitrogen and oxygen atoms in total. The summed E-state index contributed by atoms with van der Waals surface area (Å²) in [7, 11) is 0. The number of rotatable bonds is 3. The van der Waals surface area contributed by atoms with Crippen molar-refractivity contribution in [2.24, 2.45) is 4.99 Å². The number of carbonyl (C=O) groups is 1. The molecule has 2 aromatic rings. The minimum absolute atomic E-state index is 0.0549. The van der Waals surface area contributed by atoms with Crippen LogP contribution in [0.15, 0.2) is 59.2 Å². The molecule has 3 rings (SSSR count). The van der Waals surface area contributed by atoms with E-state index in [2.05, 4.69) is 4.99 Å². The topological polar surface area (TPSA) is 81.8 Å². The van der Waals surface area contributed by atoms with Crippen molar-refractivity contribution in [2.75, 3.05) is 0 Å². The van der Waals surface area contributed by atoms with Crippen molar-refractivity contribution in [1.29, 1.82) is 0 Å². The van der Waals surface area contributed by atoms with Crippen molar-refractivity contribution < 1.29 is 14.5 Å². The van der Waals surface area contributed by atoms with Gasteiger partial charge >= 0.3 is 5.97 Å². The number of hydrogen-bond acceptors (Lipinski definition) is 5. The third-order valence-corrected chi connectivity index (χ3v) is 3.33. The maximum absolute atomic E-state index is 11.9. The van der Waals surface area contributed by atoms with E-state index in [9.17, 15) is 14.9 Å². The van der Waals surface area contributed by atoms with Crippen LogP contribution in [-0.2, 0) is 9.53 Å². The van der Waals surface area contributed by atoms with E-state index in [0.29, 0.717) is 0 Å². The zero-order chi connectivity index (χ0) is 16.4. The van der Waals surface area contributed by atoms with E-state index in [0.717, 1.165) is 11.1 Å². The molecule has 0 amide bonds. The number of cyclic esters (lactones) is 1. The number of carbonyl (C=O) groups excluding carboxylic acids is 1. The van der Waals surface area contributed by atoms with Crippen LogP contribution in [-0.4, -0.2) is 16.8 Å². The van der Waals surface area contributed by atoms with Gasteiger partial charge in [-0.1, -0.05) is 42.0 Å². The summed E-state index contributed by atoms with van der Waals surface area (Å²) < 4.78 is 5.09. The summed E-state index contributed by atoms with van der Waals surface area (Å²) in [6.07, 6.45) is 1.59. The maximum atomic E-state index is 11.9. The first kappa shape index (κ1) is 14.6. The Kier molecular flexibility index (Phi) is 3.72. The highest BCUT2D eigenvalue weighted by Gasteiger charge is 2.28. The Hall–Kier alpha value is -3.28. The van der Waals surface area contributed by atoms with Gasteiger partial charge in [-0.2, -0.15) is 0 Å². The molecule has 0 fully saturated rings. The number of benzene rings is 2. The molecule has 0 saturated heterocycles. The van der Waals surface area contributed by atoms with Crippen molar-refractivity contribution in [3.63, 3.8) is 0 Å². The lowest BCUT2D eigenvalue weighted by molar-refractivity contribution is -0.385. The number of nitro benzene ring substituents is 1. The minimum atomic E-state index is -0.626. The second kappa shape index (κ2) is 5.84. The van der Waals surface area contributed by atoms with Gasteiger partial charge in [0.2, 0.25) is 5.90 Å². The minimum Gasteiger partial charge on any atom is -0.402 e. The van der Waals surface area contributed by atoms with E-state index in [1.807, 2.05) is 31.2 Å². The molecule has 0 bridgehead atoms. The second-order valence-electron chi connectivity index (χ2n) is 5.02. The lowest BCUT2D eigenvalue weighted by Crippen LogP contribution is -2.07. The summed E-state index contributed by atoms with van der Waals surface area (Å²) in [5, 5.41) is 11.1. The third kappa shape index (κ3) is 3.01. The summed E-state index contributed by atoms with van der Waals surface area (Å²) in [6, 6.07) is 13.6. The summed E-state index contributed by atoms with van der Waals surface area (Å²) in [4.78, 5) is 26.6. The van der Waals surface area contributed by atoms with Crippen LogP contribution in [0, 0.1) is 17.0 Å². The van der Waals surface area contributed by atoms with Gasteiger partial charge in [0.25, 0.3) is 5.69 Å². The van der Waals surface area contributed by atoms with Gasteiger partial charge in [-0.15, -0.1) is 0 Å². The molecule has 0 spiro atoms. The predicted molar refractivity (Wildman–Crippen MR) is 84.9 cm³/mol. The standard InChI is InChI=1S/C17H12N2O4/c1-11-6-8-12(9-7-11)10-14-17(20)23-16(18-14)13-4-2-3-5-15(13)19(21)22/h2-10H,1H3/b14-10+. The normalized spacial score (nSPS) is 15.4. The molecule has 2 aromatic carbocycles. The summed E-state index contributed by atoms with van der Waals surface area (Å²) in [5.74, 6) is -0.681. The van der Waals surface area contributed by atoms with Gasteiger partial charge in [-0.05, 0) is 24.6 Å². The molecular weight excluding hydrogens is 296 g/mol. The van der Waals surface area contributed by atoms with Crippen LogP contribution in [0.3, 0.4) is 0 Å². The lowest BCUT2D eigenvalue weighted by atomic mass is 10.1. The Morgan fingerprint density at radius 2 is 1.83 bits per heavy atom. The van der Waals surface area contributed by atoms with Crippen molar-refractivity contribution >= 4 is 23.6 Å². The van der Waals surface area contributed by atoms with Crippen LogP contribution in [0.4, 0.5) is 5.69 Å². The number of hydrogen-bond donors (Lipinski definition) is 0. The molecule has 1 aliphatic rings. The van der Waals surface area contributed by atoms with Crippen molar-refractivity contribution in [3.05, 3.63) is 81.0 Å². The van der Waals surface area contributed by atoms with Gasteiger partial charge in [0.05, 0.1) is 4.92 Å². The molecule has 0 aromatic heterocycles. The summed E-state index contributed by atoms with van der Waals surface area (Å²) in [6.45, 7) is 1.96. The molecule has 0 aliphatic carbocycles. The van der Waals surface area contributed by atoms with Crippen molar-refractivity contribution in [2.45, 2.75) is 6.92 Å². The molecular formula is C17H12N2O4. The van der Waals surface area contributed by atoms with Crippen LogP contribution in [0.1, 0.15) is 16.7 Å². The molecule has 114 valence electrons. The Balaban J connectivity index is 1.99. The first-order chi connectivity index (χ1) is 11.0. The van der Waals surface area contributed by atoms with E-state index >= 15 is 0 Å². The van der Waals surface area contributed by atoms with Gasteiger partial charge < -0.3 is 4.74 Å². The molecule has 0 N–H and O–H groups in total. The highest BCUT2D eigenvalue weighted by Crippen LogP contribution is 2.25. The first-order valence-corrected chi connectivity index (χ1v) is 6.87. The molecule has 0 unspecified atom stereocenters. The number of nitrogens with zero attached hydrogens (tertiary/aromatic N) is 2. The Labute approximate surface area is 131 Å². The SMILES string of the molecule is Cc1ccc(/C=C2/N=C(c3ccccc3[N+](=O)[O-])OC2=O)cc1. The van der Waals surface area contributed by atoms with Gasteiger partial charge in [-0.3, -0.25) is 10.1 Å². The van der Waals surface area contributed by atoms with E-state index < -0.39 is 10.9 Å². The maximum Gasteiger partial charge on any atom is 0.363 e. The molecule has 1 heterocycles. The molecule has 0 radical (unpaired) electrons. The largest absolute Gasteiger partial charge is 0.402 e. The van der Waals surface area contributed by atoms with Gasteiger partial charge in [0.15, 0.2) is 5.70 Å². The van der Waals surface area contributed by atoms with E-state index in [4.69, 9.17) is 4.74 Å². The average Bonchev–Trinajstić information content (AvgIpc) is 2.90. The van der Waals surface area contributed by atoms with Crippen LogP contribution in [0.5, 0.6) is 0 Å². The highest BCUT2D eigenvalue weighted by molar-refractivity contribution is 6.14. The first-order valence-electron chi connectivity index (χ1n) is 6.87. The Bertz CT molecular complexity index is 851. The van der Waals surface area contributed by atoms with Crippen LogP contribution in [0.2, 0.25) is 0 Å². The molecule has 0 atom stereocenters. The fraction of sp³-hybridized carbons (Fsp3) is 0.0588. The van der Waals surface area contributed by atoms with Crippen LogP contribution in [0.25, 0.3) is 6.08 Å². The number of nitro groups is 1. The van der Waals surface area contributed by atoms with Gasteiger partial charge in [-0.25, -0.2) is 9.79 Å². The second-order valence-corrected chi connectivity index (χ2v) is 5.02. The van der Waals surface area contributed by atoms with E-state index in [1.54, 1.807) is 18.2 Å². The van der Waals surface area contributed by atoms with Crippen LogP contribution >= 0.6 is 0 Å². The van der Waals surface area contributed by atoms with E-state index in [1.165, 1.54) is 12.1 Å². The fourth-order valence-electron chi connectivity index (χ4n) is 2.16. The number of esters is 1. The summed E-state index contributed by atoms with van der Waals surface area (Å²) in [5.41, 5.74) is 2.04. The number of ether oxygens (including phenoxy) is 1. The molecule has 23 heavy (non-hydrogen) atoms. The average molecular weight is 308 g/mol. The highest BCUT2D eigenvalue weighted by atomic mass is 16.6. The quantitative estimate of drug-likeness (QED) is 0.377.